The molecule has 2 aromatic carbocycles. The van der Waals surface area contributed by atoms with Crippen molar-refractivity contribution in [1.29, 1.82) is 0 Å². The van der Waals surface area contributed by atoms with Crippen molar-refractivity contribution in [3.05, 3.63) is 64.1 Å². The summed E-state index contributed by atoms with van der Waals surface area (Å²) in [6, 6.07) is 14.5. The second kappa shape index (κ2) is 8.67. The number of nitrogens with zero attached hydrogens (tertiary/aromatic N) is 1. The highest BCUT2D eigenvalue weighted by Gasteiger charge is 2.19. The number of amides is 2. The summed E-state index contributed by atoms with van der Waals surface area (Å²) in [5, 5.41) is 2.58. The van der Waals surface area contributed by atoms with E-state index in [-0.39, 0.29) is 11.8 Å². The Balaban J connectivity index is 1.94. The highest BCUT2D eigenvalue weighted by Crippen LogP contribution is 2.18. The van der Waals surface area contributed by atoms with Crippen molar-refractivity contribution >= 4 is 27.7 Å². The van der Waals surface area contributed by atoms with Crippen LogP contribution in [-0.2, 0) is 11.3 Å². The number of halogens is 1. The Bertz CT molecular complexity index is 729. The maximum Gasteiger partial charge on any atom is 0.263 e. The van der Waals surface area contributed by atoms with Crippen LogP contribution in [0.2, 0.25) is 0 Å². The molecule has 0 heterocycles. The fourth-order valence-corrected chi connectivity index (χ4v) is 2.60. The number of hydrogen-bond acceptors (Lipinski definition) is 3. The van der Waals surface area contributed by atoms with Crippen molar-refractivity contribution in [2.75, 3.05) is 14.1 Å². The average Bonchev–Trinajstić information content (AvgIpc) is 2.62. The largest absolute Gasteiger partial charge is 0.481 e. The zero-order valence-electron chi connectivity index (χ0n) is 14.5. The van der Waals surface area contributed by atoms with Gasteiger partial charge in [0.2, 0.25) is 0 Å². The zero-order valence-corrected chi connectivity index (χ0v) is 16.0. The van der Waals surface area contributed by atoms with Gasteiger partial charge >= 0.3 is 0 Å². The molecule has 0 aliphatic carbocycles. The first-order valence-electron chi connectivity index (χ1n) is 7.89. The van der Waals surface area contributed by atoms with Crippen molar-refractivity contribution in [3.63, 3.8) is 0 Å². The number of nitrogens with one attached hydrogen (secondary N) is 1. The first-order chi connectivity index (χ1) is 11.9. The number of ether oxygens (including phenoxy) is 1. The van der Waals surface area contributed by atoms with Crippen LogP contribution in [0.15, 0.2) is 53.0 Å². The van der Waals surface area contributed by atoms with Gasteiger partial charge in [0.25, 0.3) is 11.8 Å². The second-order valence-corrected chi connectivity index (χ2v) is 6.60. The Labute approximate surface area is 156 Å². The number of carbonyl (C=O) groups is 2. The third kappa shape index (κ3) is 5.32. The molecule has 2 amide bonds. The molecule has 0 aromatic heterocycles. The van der Waals surface area contributed by atoms with Gasteiger partial charge in [-0.15, -0.1) is 0 Å². The number of hydrogen-bond donors (Lipinski definition) is 1. The van der Waals surface area contributed by atoms with Crippen LogP contribution in [0.25, 0.3) is 0 Å². The molecule has 2 aromatic rings. The van der Waals surface area contributed by atoms with Gasteiger partial charge in [0, 0.05) is 30.7 Å². The molecule has 25 heavy (non-hydrogen) atoms. The van der Waals surface area contributed by atoms with Gasteiger partial charge in [0.05, 0.1) is 0 Å². The number of rotatable bonds is 6. The van der Waals surface area contributed by atoms with Crippen LogP contribution >= 0.6 is 15.9 Å². The van der Waals surface area contributed by atoms with Gasteiger partial charge in [0.1, 0.15) is 5.75 Å². The molecule has 2 rings (SSSR count). The van der Waals surface area contributed by atoms with Crippen LogP contribution in [0.3, 0.4) is 0 Å². The minimum Gasteiger partial charge on any atom is -0.481 e. The lowest BCUT2D eigenvalue weighted by atomic mass is 10.1. The van der Waals surface area contributed by atoms with Gasteiger partial charge in [-0.1, -0.05) is 28.1 Å². The molecule has 1 N–H and O–H groups in total. The lowest BCUT2D eigenvalue weighted by Gasteiger charge is -2.22. The normalized spacial score (nSPS) is 11.5. The summed E-state index contributed by atoms with van der Waals surface area (Å²) in [4.78, 5) is 25.6. The Kier molecular flexibility index (Phi) is 6.58. The van der Waals surface area contributed by atoms with E-state index in [0.29, 0.717) is 17.9 Å². The molecule has 0 fully saturated rings. The van der Waals surface area contributed by atoms with Crippen molar-refractivity contribution in [2.45, 2.75) is 19.6 Å². The lowest BCUT2D eigenvalue weighted by Crippen LogP contribution is -2.37. The number of likely N-dealkylation sites (N-methyl/N-ethyl adjacent to an activating group) is 1. The first-order valence-corrected chi connectivity index (χ1v) is 8.68. The van der Waals surface area contributed by atoms with E-state index in [9.17, 15) is 9.59 Å². The van der Waals surface area contributed by atoms with Crippen LogP contribution in [0, 0.1) is 0 Å². The molecule has 0 saturated heterocycles. The second-order valence-electron chi connectivity index (χ2n) is 5.68. The summed E-state index contributed by atoms with van der Waals surface area (Å²) >= 11 is 3.36. The third-order valence-corrected chi connectivity index (χ3v) is 4.24. The van der Waals surface area contributed by atoms with Crippen molar-refractivity contribution in [3.8, 4) is 5.75 Å². The summed E-state index contributed by atoms with van der Waals surface area (Å²) in [5.41, 5.74) is 1.53. The molecule has 1 atom stereocenters. The van der Waals surface area contributed by atoms with Crippen molar-refractivity contribution in [1.82, 2.24) is 10.2 Å². The van der Waals surface area contributed by atoms with E-state index in [1.54, 1.807) is 38.1 Å². The van der Waals surface area contributed by atoms with E-state index in [1.807, 2.05) is 36.4 Å². The lowest BCUT2D eigenvalue weighted by molar-refractivity contribution is -0.137. The Hall–Kier alpha value is -2.34. The fourth-order valence-electron chi connectivity index (χ4n) is 2.34. The van der Waals surface area contributed by atoms with E-state index < -0.39 is 6.10 Å². The maximum atomic E-state index is 12.5. The molecular weight excluding hydrogens is 384 g/mol. The molecule has 0 saturated carbocycles. The topological polar surface area (TPSA) is 58.6 Å². The van der Waals surface area contributed by atoms with Gasteiger partial charge < -0.3 is 15.0 Å². The molecule has 0 aliphatic rings. The third-order valence-electron chi connectivity index (χ3n) is 3.71. The van der Waals surface area contributed by atoms with Gasteiger partial charge in [-0.05, 0) is 48.9 Å². The molecule has 0 radical (unpaired) electrons. The van der Waals surface area contributed by atoms with Gasteiger partial charge in [0.15, 0.2) is 6.10 Å². The highest BCUT2D eigenvalue weighted by molar-refractivity contribution is 9.10. The van der Waals surface area contributed by atoms with Crippen molar-refractivity contribution in [2.24, 2.45) is 0 Å². The smallest absolute Gasteiger partial charge is 0.263 e. The van der Waals surface area contributed by atoms with Crippen LogP contribution in [0.4, 0.5) is 0 Å². The molecule has 6 heteroatoms. The van der Waals surface area contributed by atoms with Crippen LogP contribution < -0.4 is 10.1 Å². The molecule has 0 bridgehead atoms. The monoisotopic (exact) mass is 404 g/mol. The van der Waals surface area contributed by atoms with Crippen LogP contribution in [0.5, 0.6) is 5.75 Å². The average molecular weight is 405 g/mol. The molecular formula is C19H21BrN2O3. The summed E-state index contributed by atoms with van der Waals surface area (Å²) < 4.78 is 6.64. The minimum absolute atomic E-state index is 0.113. The van der Waals surface area contributed by atoms with Gasteiger partial charge in [-0.2, -0.15) is 0 Å². The predicted molar refractivity (Wildman–Crippen MR) is 101 cm³/mol. The standard InChI is InChI=1S/C19H21BrN2O3/c1-13(25-17-10-8-16(20)9-11-17)19(24)22(3)12-14-4-6-15(7-5-14)18(23)21-2/h4-11,13H,12H2,1-3H3,(H,21,23)/t13-/m0/s1. The minimum atomic E-state index is -0.587. The Morgan fingerprint density at radius 2 is 1.72 bits per heavy atom. The fraction of sp³-hybridized carbons (Fsp3) is 0.263. The van der Waals surface area contributed by atoms with Gasteiger partial charge in [-0.3, -0.25) is 9.59 Å². The molecule has 132 valence electrons. The van der Waals surface area contributed by atoms with E-state index >= 15 is 0 Å². The van der Waals surface area contributed by atoms with E-state index in [0.717, 1.165) is 10.0 Å². The van der Waals surface area contributed by atoms with E-state index in [4.69, 9.17) is 4.74 Å². The molecule has 0 spiro atoms. The summed E-state index contributed by atoms with van der Waals surface area (Å²) in [6.07, 6.45) is -0.587. The SMILES string of the molecule is CNC(=O)c1ccc(CN(C)C(=O)[C@H](C)Oc2ccc(Br)cc2)cc1. The molecule has 0 aliphatic heterocycles. The summed E-state index contributed by atoms with van der Waals surface area (Å²) in [7, 11) is 3.33. The zero-order chi connectivity index (χ0) is 18.4. The molecule has 0 unspecified atom stereocenters. The van der Waals surface area contributed by atoms with E-state index in [2.05, 4.69) is 21.2 Å². The summed E-state index contributed by atoms with van der Waals surface area (Å²) in [6.45, 7) is 2.18. The first kappa shape index (κ1) is 19.0. The van der Waals surface area contributed by atoms with Crippen LogP contribution in [-0.4, -0.2) is 36.9 Å². The molecule has 5 nitrogen and oxygen atoms in total. The number of benzene rings is 2. The number of carbonyl (C=O) groups excluding carboxylic acids is 2. The maximum absolute atomic E-state index is 12.5. The quantitative estimate of drug-likeness (QED) is 0.803. The Morgan fingerprint density at radius 3 is 2.28 bits per heavy atom. The van der Waals surface area contributed by atoms with Gasteiger partial charge in [-0.25, -0.2) is 0 Å². The Morgan fingerprint density at radius 1 is 1.12 bits per heavy atom. The predicted octanol–water partition coefficient (Wildman–Crippen LogP) is 3.23. The summed E-state index contributed by atoms with van der Waals surface area (Å²) in [5.74, 6) is 0.401. The van der Waals surface area contributed by atoms with Crippen molar-refractivity contribution < 1.29 is 14.3 Å². The van der Waals surface area contributed by atoms with Crippen LogP contribution in [0.1, 0.15) is 22.8 Å². The highest BCUT2D eigenvalue weighted by atomic mass is 79.9. The van der Waals surface area contributed by atoms with E-state index in [1.165, 1.54) is 0 Å².